The molecule has 4 aromatic heterocycles. The predicted molar refractivity (Wildman–Crippen MR) is 91.9 cm³/mol. The number of nitrogens with zero attached hydrogens (tertiary/aromatic N) is 4. The van der Waals surface area contributed by atoms with Crippen molar-refractivity contribution < 1.29 is 14.3 Å². The molecule has 1 aliphatic heterocycles. The molecule has 4 aromatic rings. The minimum absolute atomic E-state index is 0.0445. The number of aliphatic hydroxyl groups is 1. The Hall–Kier alpha value is -2.64. The molecule has 0 amide bonds. The predicted octanol–water partition coefficient (Wildman–Crippen LogP) is 2.85. The van der Waals surface area contributed by atoms with Gasteiger partial charge in [-0.25, -0.2) is 9.97 Å². The maximum Gasteiger partial charge on any atom is 0.148 e. The van der Waals surface area contributed by atoms with Crippen molar-refractivity contribution in [1.82, 2.24) is 19.1 Å². The van der Waals surface area contributed by atoms with E-state index in [-0.39, 0.29) is 18.9 Å². The van der Waals surface area contributed by atoms with Gasteiger partial charge in [0.05, 0.1) is 47.4 Å². The summed E-state index contributed by atoms with van der Waals surface area (Å²) in [7, 11) is 2.02. The topological polar surface area (TPSA) is 78.2 Å². The Balaban J connectivity index is 1.82. The lowest BCUT2D eigenvalue weighted by Crippen LogP contribution is -2.14. The van der Waals surface area contributed by atoms with Gasteiger partial charge in [-0.3, -0.25) is 4.57 Å². The van der Waals surface area contributed by atoms with Crippen molar-refractivity contribution in [3.8, 4) is 11.3 Å². The van der Waals surface area contributed by atoms with Crippen LogP contribution >= 0.6 is 0 Å². The molecule has 7 nitrogen and oxygen atoms in total. The Labute approximate surface area is 143 Å². The van der Waals surface area contributed by atoms with Gasteiger partial charge in [0.2, 0.25) is 0 Å². The second kappa shape index (κ2) is 5.44. The summed E-state index contributed by atoms with van der Waals surface area (Å²) in [5.41, 5.74) is 4.75. The third kappa shape index (κ3) is 2.06. The molecule has 0 aliphatic carbocycles. The first-order valence-electron chi connectivity index (χ1n) is 8.36. The average Bonchev–Trinajstić information content (AvgIpc) is 3.40. The van der Waals surface area contributed by atoms with Gasteiger partial charge in [-0.05, 0) is 25.0 Å². The van der Waals surface area contributed by atoms with E-state index < -0.39 is 0 Å². The fraction of sp³-hybridized carbons (Fsp3) is 0.333. The molecule has 5 heterocycles. The van der Waals surface area contributed by atoms with Crippen molar-refractivity contribution in [1.29, 1.82) is 0 Å². The molecule has 1 N–H and O–H groups in total. The molecule has 25 heavy (non-hydrogen) atoms. The molecule has 0 spiro atoms. The minimum atomic E-state index is -0.133. The number of ether oxygens (including phenoxy) is 1. The summed E-state index contributed by atoms with van der Waals surface area (Å²) in [5.74, 6) is 0. The van der Waals surface area contributed by atoms with Gasteiger partial charge in [0, 0.05) is 18.8 Å². The molecule has 0 aromatic carbocycles. The lowest BCUT2D eigenvalue weighted by molar-refractivity contribution is -0.0185. The van der Waals surface area contributed by atoms with Crippen LogP contribution in [0, 0.1) is 0 Å². The minimum Gasteiger partial charge on any atom is -0.472 e. The molecule has 1 fully saturated rings. The molecule has 0 radical (unpaired) electrons. The highest BCUT2D eigenvalue weighted by molar-refractivity contribution is 6.11. The lowest BCUT2D eigenvalue weighted by atomic mass is 10.1. The van der Waals surface area contributed by atoms with Gasteiger partial charge < -0.3 is 18.8 Å². The molecule has 0 saturated carbocycles. The molecule has 1 saturated heterocycles. The fourth-order valence-electron chi connectivity index (χ4n) is 3.83. The van der Waals surface area contributed by atoms with Gasteiger partial charge in [-0.1, -0.05) is 0 Å². The van der Waals surface area contributed by atoms with Gasteiger partial charge in [0.25, 0.3) is 0 Å². The van der Waals surface area contributed by atoms with Gasteiger partial charge in [0.15, 0.2) is 0 Å². The normalized spacial score (nSPS) is 20.9. The van der Waals surface area contributed by atoms with Crippen LogP contribution in [0.3, 0.4) is 0 Å². The van der Waals surface area contributed by atoms with Crippen LogP contribution in [-0.2, 0) is 11.8 Å². The standard InChI is InChI=1S/C18H18N4O3/c1-21-6-4-13-17(21)15-16(11-5-7-24-9-11)19-10-20-18(15)22(13)14-3-2-12(8-23)25-14/h4-7,9-10,12,14,23H,2-3,8H2,1H3. The van der Waals surface area contributed by atoms with E-state index in [0.717, 1.165) is 46.2 Å². The smallest absolute Gasteiger partial charge is 0.148 e. The Morgan fingerprint density at radius 2 is 2.20 bits per heavy atom. The van der Waals surface area contributed by atoms with Gasteiger partial charge in [0.1, 0.15) is 18.2 Å². The van der Waals surface area contributed by atoms with Crippen LogP contribution in [0.5, 0.6) is 0 Å². The first-order chi connectivity index (χ1) is 12.3. The number of aliphatic hydroxyl groups excluding tert-OH is 1. The molecule has 5 rings (SSSR count). The molecule has 7 heteroatoms. The number of fused-ring (bicyclic) bond motifs is 3. The van der Waals surface area contributed by atoms with Crippen molar-refractivity contribution in [3.05, 3.63) is 37.2 Å². The van der Waals surface area contributed by atoms with Crippen LogP contribution in [0.2, 0.25) is 0 Å². The highest BCUT2D eigenvalue weighted by Crippen LogP contribution is 2.39. The van der Waals surface area contributed by atoms with Crippen molar-refractivity contribution >= 4 is 22.1 Å². The number of aromatic nitrogens is 4. The maximum atomic E-state index is 9.41. The molecule has 0 bridgehead atoms. The second-order valence-corrected chi connectivity index (χ2v) is 6.44. The van der Waals surface area contributed by atoms with Crippen LogP contribution in [0.15, 0.2) is 41.6 Å². The van der Waals surface area contributed by atoms with Crippen LogP contribution in [0.25, 0.3) is 33.3 Å². The van der Waals surface area contributed by atoms with Crippen LogP contribution < -0.4 is 0 Å². The number of aryl methyl sites for hydroxylation is 1. The van der Waals surface area contributed by atoms with E-state index in [1.165, 1.54) is 0 Å². The molecule has 2 atom stereocenters. The van der Waals surface area contributed by atoms with E-state index in [1.54, 1.807) is 18.9 Å². The average molecular weight is 338 g/mol. The summed E-state index contributed by atoms with van der Waals surface area (Å²) in [4.78, 5) is 9.08. The Morgan fingerprint density at radius 3 is 2.96 bits per heavy atom. The zero-order valence-corrected chi connectivity index (χ0v) is 13.8. The largest absolute Gasteiger partial charge is 0.472 e. The molecule has 128 valence electrons. The highest BCUT2D eigenvalue weighted by atomic mass is 16.5. The monoisotopic (exact) mass is 338 g/mol. The molecular formula is C18H18N4O3. The van der Waals surface area contributed by atoms with E-state index in [9.17, 15) is 5.11 Å². The van der Waals surface area contributed by atoms with Crippen molar-refractivity contribution in [2.45, 2.75) is 25.2 Å². The summed E-state index contributed by atoms with van der Waals surface area (Å²) < 4.78 is 15.5. The number of furan rings is 1. The fourth-order valence-corrected chi connectivity index (χ4v) is 3.83. The van der Waals surface area contributed by atoms with E-state index in [2.05, 4.69) is 25.2 Å². The third-order valence-electron chi connectivity index (χ3n) is 4.97. The Bertz CT molecular complexity index is 1050. The Morgan fingerprint density at radius 1 is 1.28 bits per heavy atom. The molecular weight excluding hydrogens is 320 g/mol. The maximum absolute atomic E-state index is 9.41. The van der Waals surface area contributed by atoms with E-state index in [4.69, 9.17) is 9.15 Å². The summed E-state index contributed by atoms with van der Waals surface area (Å²) >= 11 is 0. The van der Waals surface area contributed by atoms with Crippen molar-refractivity contribution in [2.75, 3.05) is 6.61 Å². The van der Waals surface area contributed by atoms with Gasteiger partial charge in [-0.2, -0.15) is 0 Å². The zero-order chi connectivity index (χ0) is 17.0. The number of hydrogen-bond acceptors (Lipinski definition) is 5. The van der Waals surface area contributed by atoms with Gasteiger partial charge >= 0.3 is 0 Å². The van der Waals surface area contributed by atoms with E-state index in [1.807, 2.05) is 19.3 Å². The zero-order valence-electron chi connectivity index (χ0n) is 13.8. The SMILES string of the molecule is Cn1ccc2c1c1c(-c3ccoc3)ncnc1n2C1CCC(CO)O1. The Kier molecular flexibility index (Phi) is 3.19. The van der Waals surface area contributed by atoms with Crippen LogP contribution in [0.1, 0.15) is 19.1 Å². The number of rotatable bonds is 3. The van der Waals surface area contributed by atoms with E-state index in [0.29, 0.717) is 0 Å². The molecule has 1 aliphatic rings. The lowest BCUT2D eigenvalue weighted by Gasteiger charge is -2.15. The summed E-state index contributed by atoms with van der Waals surface area (Å²) in [6.45, 7) is 0.0445. The molecule has 2 unspecified atom stereocenters. The van der Waals surface area contributed by atoms with Crippen molar-refractivity contribution in [2.24, 2.45) is 7.05 Å². The van der Waals surface area contributed by atoms with Crippen molar-refractivity contribution in [3.63, 3.8) is 0 Å². The number of hydrogen-bond donors (Lipinski definition) is 1. The summed E-state index contributed by atoms with van der Waals surface area (Å²) in [6, 6.07) is 3.98. The summed E-state index contributed by atoms with van der Waals surface area (Å²) in [6.07, 6.45) is 8.40. The van der Waals surface area contributed by atoms with Crippen LogP contribution in [0.4, 0.5) is 0 Å². The third-order valence-corrected chi connectivity index (χ3v) is 4.97. The van der Waals surface area contributed by atoms with Gasteiger partial charge in [-0.15, -0.1) is 0 Å². The first kappa shape index (κ1) is 14.7. The first-order valence-corrected chi connectivity index (χ1v) is 8.36. The van der Waals surface area contributed by atoms with E-state index >= 15 is 0 Å². The quantitative estimate of drug-likeness (QED) is 0.621. The van der Waals surface area contributed by atoms with Crippen LogP contribution in [-0.4, -0.2) is 36.9 Å². The highest BCUT2D eigenvalue weighted by Gasteiger charge is 2.30. The second-order valence-electron chi connectivity index (χ2n) is 6.44. The summed E-state index contributed by atoms with van der Waals surface area (Å²) in [5, 5.41) is 10.4.